The number of hydrogen-bond acceptors (Lipinski definition) is 9. The third kappa shape index (κ3) is 9.53. The summed E-state index contributed by atoms with van der Waals surface area (Å²) < 4.78 is 43.3. The quantitative estimate of drug-likeness (QED) is 0.263. The lowest BCUT2D eigenvalue weighted by molar-refractivity contribution is -0.274. The number of carbonyl (C=O) groups is 2. The highest BCUT2D eigenvalue weighted by Crippen LogP contribution is 2.31. The van der Waals surface area contributed by atoms with Gasteiger partial charge in [-0.05, 0) is 59.8 Å². The maximum Gasteiger partial charge on any atom is 0.573 e. The van der Waals surface area contributed by atoms with E-state index in [1.165, 1.54) is 42.4 Å². The fraction of sp³-hybridized carbons (Fsp3) is 0.333. The Balaban J connectivity index is 1.77. The van der Waals surface area contributed by atoms with Crippen LogP contribution in [-0.2, 0) is 16.1 Å². The van der Waals surface area contributed by atoms with Crippen LogP contribution in [0.25, 0.3) is 0 Å². The number of pyridine rings is 1. The van der Waals surface area contributed by atoms with Crippen molar-refractivity contribution in [3.8, 4) is 5.75 Å². The van der Waals surface area contributed by atoms with Gasteiger partial charge in [-0.2, -0.15) is 0 Å². The van der Waals surface area contributed by atoms with E-state index in [4.69, 9.17) is 10.8 Å². The maximum absolute atomic E-state index is 13.4. The fourth-order valence-electron chi connectivity index (χ4n) is 3.76. The predicted molar refractivity (Wildman–Crippen MR) is 149 cm³/mol. The van der Waals surface area contributed by atoms with Crippen LogP contribution in [-0.4, -0.2) is 68.9 Å². The van der Waals surface area contributed by atoms with Crippen molar-refractivity contribution >= 4 is 29.5 Å². The molecule has 14 heteroatoms. The summed E-state index contributed by atoms with van der Waals surface area (Å²) in [5, 5.41) is 12.1. The molecule has 220 valence electrons. The fourth-order valence-corrected chi connectivity index (χ4v) is 4.75. The van der Waals surface area contributed by atoms with Crippen molar-refractivity contribution < 1.29 is 32.6 Å². The van der Waals surface area contributed by atoms with Crippen LogP contribution in [0.5, 0.6) is 5.75 Å². The van der Waals surface area contributed by atoms with E-state index in [1.807, 2.05) is 30.3 Å². The number of halogens is 3. The van der Waals surface area contributed by atoms with Crippen LogP contribution in [0.3, 0.4) is 0 Å². The number of aromatic nitrogens is 1. The average Bonchev–Trinajstić information content (AvgIpc) is 2.92. The summed E-state index contributed by atoms with van der Waals surface area (Å²) in [4.78, 5) is 35.2. The molecule has 0 saturated carbocycles. The number of aliphatic imine (C=N–C) groups is 1. The first-order valence-electron chi connectivity index (χ1n) is 12.5. The van der Waals surface area contributed by atoms with E-state index in [0.29, 0.717) is 18.0 Å². The number of carbonyl (C=O) groups excluding carboxylic acids is 1. The number of carboxylic acid groups (broad SMARTS) is 1. The molecule has 1 aromatic heterocycles. The lowest BCUT2D eigenvalue weighted by atomic mass is 10.1. The zero-order valence-corrected chi connectivity index (χ0v) is 23.3. The number of amides is 1. The highest BCUT2D eigenvalue weighted by molar-refractivity contribution is 7.97. The topological polar surface area (TPSA) is 133 Å². The molecule has 0 unspecified atom stereocenters. The first-order valence-corrected chi connectivity index (χ1v) is 13.3. The molecule has 0 aliphatic carbocycles. The van der Waals surface area contributed by atoms with Gasteiger partial charge in [0.2, 0.25) is 5.91 Å². The second-order valence-corrected chi connectivity index (χ2v) is 10.4. The van der Waals surface area contributed by atoms with E-state index in [-0.39, 0.29) is 42.2 Å². The van der Waals surface area contributed by atoms with Crippen LogP contribution in [0, 0.1) is 0 Å². The van der Waals surface area contributed by atoms with Crippen LogP contribution < -0.4 is 15.8 Å². The number of piperazine rings is 1. The molecule has 3 rings (SSSR count). The van der Waals surface area contributed by atoms with E-state index >= 15 is 0 Å². The Morgan fingerprint density at radius 3 is 2.54 bits per heavy atom. The molecule has 1 aliphatic heterocycles. The number of benzene rings is 1. The Bertz CT molecular complexity index is 1280. The van der Waals surface area contributed by atoms with E-state index in [2.05, 4.69) is 26.6 Å². The number of nitrogens with two attached hydrogens (primary N) is 1. The van der Waals surface area contributed by atoms with Crippen LogP contribution in [0.1, 0.15) is 31.0 Å². The molecule has 4 N–H and O–H groups in total. The Morgan fingerprint density at radius 2 is 1.98 bits per heavy atom. The number of rotatable bonds is 11. The molecule has 1 aromatic carbocycles. The molecule has 41 heavy (non-hydrogen) atoms. The number of aliphatic carboxylic acids is 1. The van der Waals surface area contributed by atoms with Gasteiger partial charge in [-0.3, -0.25) is 9.78 Å². The zero-order chi connectivity index (χ0) is 30.2. The zero-order valence-electron chi connectivity index (χ0n) is 22.5. The van der Waals surface area contributed by atoms with Crippen molar-refractivity contribution in [1.29, 1.82) is 0 Å². The molecular weight excluding hydrogens is 561 g/mol. The van der Waals surface area contributed by atoms with Crippen LogP contribution in [0.15, 0.2) is 77.2 Å². The highest BCUT2D eigenvalue weighted by Gasteiger charge is 2.34. The molecule has 2 aromatic rings. The Hall–Kier alpha value is -4.04. The molecule has 1 atom stereocenters. The summed E-state index contributed by atoms with van der Waals surface area (Å²) in [5.41, 5.74) is 7.63. The molecule has 1 amide bonds. The number of ether oxygens (including phenoxy) is 1. The number of carboxylic acids is 1. The third-order valence-electron chi connectivity index (χ3n) is 5.93. The summed E-state index contributed by atoms with van der Waals surface area (Å²) in [6, 6.07) is 8.42. The number of nitrogens with one attached hydrogen (secondary N) is 1. The number of nitrogens with zero attached hydrogens (tertiary/aromatic N) is 4. The molecule has 0 radical (unpaired) electrons. The van der Waals surface area contributed by atoms with Crippen molar-refractivity contribution in [2.45, 2.75) is 43.6 Å². The van der Waals surface area contributed by atoms with Crippen LogP contribution in [0.4, 0.5) is 13.2 Å². The Kier molecular flexibility index (Phi) is 10.8. The van der Waals surface area contributed by atoms with Crippen molar-refractivity contribution in [2.24, 2.45) is 10.7 Å². The summed E-state index contributed by atoms with van der Waals surface area (Å²) in [6.07, 6.45) is -0.805. The molecule has 0 bridgehead atoms. The van der Waals surface area contributed by atoms with E-state index < -0.39 is 18.4 Å². The second-order valence-electron chi connectivity index (χ2n) is 9.25. The van der Waals surface area contributed by atoms with Gasteiger partial charge in [-0.25, -0.2) is 14.1 Å². The van der Waals surface area contributed by atoms with Gasteiger partial charge in [-0.15, -0.1) is 13.2 Å². The van der Waals surface area contributed by atoms with Gasteiger partial charge >= 0.3 is 12.3 Å². The minimum atomic E-state index is -4.80. The summed E-state index contributed by atoms with van der Waals surface area (Å²) in [5.74, 6) is -1.48. The van der Waals surface area contributed by atoms with Crippen molar-refractivity contribution in [3.63, 3.8) is 0 Å². The lowest BCUT2D eigenvalue weighted by Gasteiger charge is -2.40. The maximum atomic E-state index is 13.4. The molecule has 1 fully saturated rings. The molecule has 10 nitrogen and oxygen atoms in total. The predicted octanol–water partition coefficient (Wildman–Crippen LogP) is 3.88. The largest absolute Gasteiger partial charge is 0.573 e. The number of alkyl halides is 3. The van der Waals surface area contributed by atoms with Crippen molar-refractivity contribution in [3.05, 3.63) is 78.5 Å². The standard InChI is InChI=1S/C27H31F3N6O4S/c1-4-21(26(38)39)33-15-24(31)35-11-12-36(41-20-8-6-19(7-9-20)40-27(28,29)30)23(16-35)25(37)34-14-18-5-10-22(17(2)3)32-13-18/h4-10,13,15,17,23H,1,11-12,14,16,31H2,2-3H3,(H,34,37)(H,38,39)/b24-15+,33-21+/t23-/m1/s1. The minimum Gasteiger partial charge on any atom is -0.477 e. The van der Waals surface area contributed by atoms with Gasteiger partial charge in [0.1, 0.15) is 23.3 Å². The van der Waals surface area contributed by atoms with Gasteiger partial charge in [0.05, 0.1) is 6.20 Å². The SMILES string of the molecule is C=C/C(=N\C=C(/N)N1CCN(Sc2ccc(OC(F)(F)F)cc2)[C@@H](C(=O)NCc2ccc(C(C)C)nc2)C1)C(=O)O. The average molecular weight is 593 g/mol. The van der Waals surface area contributed by atoms with Crippen LogP contribution in [0.2, 0.25) is 0 Å². The van der Waals surface area contributed by atoms with Gasteiger partial charge < -0.3 is 25.8 Å². The van der Waals surface area contributed by atoms with E-state index in [0.717, 1.165) is 17.3 Å². The van der Waals surface area contributed by atoms with Gasteiger partial charge in [0.15, 0.2) is 0 Å². The summed E-state index contributed by atoms with van der Waals surface area (Å²) in [7, 11) is 0. The van der Waals surface area contributed by atoms with E-state index in [1.54, 1.807) is 11.1 Å². The smallest absolute Gasteiger partial charge is 0.477 e. The lowest BCUT2D eigenvalue weighted by Crippen LogP contribution is -2.56. The summed E-state index contributed by atoms with van der Waals surface area (Å²) >= 11 is 1.21. The third-order valence-corrected chi connectivity index (χ3v) is 7.09. The van der Waals surface area contributed by atoms with E-state index in [9.17, 15) is 22.8 Å². The van der Waals surface area contributed by atoms with Gasteiger partial charge in [-0.1, -0.05) is 26.5 Å². The van der Waals surface area contributed by atoms with Gasteiger partial charge in [0.25, 0.3) is 0 Å². The van der Waals surface area contributed by atoms with Crippen molar-refractivity contribution in [1.82, 2.24) is 19.5 Å². The molecule has 1 saturated heterocycles. The second kappa shape index (κ2) is 14.0. The molecule has 2 heterocycles. The molecule has 0 spiro atoms. The Morgan fingerprint density at radius 1 is 1.27 bits per heavy atom. The first-order chi connectivity index (χ1) is 19.4. The minimum absolute atomic E-state index is 0.146. The Labute approximate surface area is 239 Å². The monoisotopic (exact) mass is 592 g/mol. The normalized spacial score (nSPS) is 16.9. The van der Waals surface area contributed by atoms with Crippen molar-refractivity contribution in [2.75, 3.05) is 19.6 Å². The summed E-state index contributed by atoms with van der Waals surface area (Å²) in [6.45, 7) is 8.59. The first kappa shape index (κ1) is 31.5. The highest BCUT2D eigenvalue weighted by atomic mass is 32.2. The number of hydrogen-bond donors (Lipinski definition) is 3. The van der Waals surface area contributed by atoms with Crippen LogP contribution >= 0.6 is 11.9 Å². The van der Waals surface area contributed by atoms with Gasteiger partial charge in [0, 0.05) is 43.0 Å². The molecule has 1 aliphatic rings. The molecular formula is C27H31F3N6O4S.